The maximum Gasteiger partial charge on any atom is 0.0936 e. The van der Waals surface area contributed by atoms with E-state index < -0.39 is 0 Å². The monoisotopic (exact) mass is 727 g/mol. The van der Waals surface area contributed by atoms with E-state index in [2.05, 4.69) is 189 Å². The number of anilines is 3. The molecule has 0 amide bonds. The molecule has 0 aliphatic heterocycles. The lowest BCUT2D eigenvalue weighted by atomic mass is 9.96. The number of nitrogens with zero attached hydrogens (tertiary/aromatic N) is 5. The van der Waals surface area contributed by atoms with Crippen molar-refractivity contribution in [2.75, 3.05) is 4.90 Å². The average Bonchev–Trinajstić information content (AvgIpc) is 3.29. The highest BCUT2D eigenvalue weighted by atomic mass is 15.1. The summed E-state index contributed by atoms with van der Waals surface area (Å²) in [6.07, 6.45) is 0. The number of benzene rings is 9. The molecule has 11 aromatic rings. The quantitative estimate of drug-likeness (QED) is 0.160. The van der Waals surface area contributed by atoms with Gasteiger partial charge < -0.3 is 4.90 Å². The van der Waals surface area contributed by atoms with Crippen molar-refractivity contribution in [3.05, 3.63) is 200 Å². The minimum Gasteiger partial charge on any atom is -0.310 e. The number of fused-ring (bicyclic) bond motifs is 6. The molecular weight excluding hydrogens is 695 g/mol. The maximum atomic E-state index is 4.54. The van der Waals surface area contributed by atoms with Crippen molar-refractivity contribution in [2.24, 2.45) is 0 Å². The van der Waals surface area contributed by atoms with Crippen molar-refractivity contribution in [2.45, 2.75) is 0 Å². The first-order valence-electron chi connectivity index (χ1n) is 19.1. The lowest BCUT2D eigenvalue weighted by Gasteiger charge is -2.26. The smallest absolute Gasteiger partial charge is 0.0936 e. The number of rotatable bonds is 6. The first-order valence-corrected chi connectivity index (χ1v) is 19.1. The molecular formula is C52H33N5. The van der Waals surface area contributed by atoms with Gasteiger partial charge in [0.25, 0.3) is 0 Å². The average molecular weight is 728 g/mol. The zero-order valence-electron chi connectivity index (χ0n) is 30.8. The van der Waals surface area contributed by atoms with Crippen LogP contribution >= 0.6 is 0 Å². The summed E-state index contributed by atoms with van der Waals surface area (Å²) in [7, 11) is 0. The van der Waals surface area contributed by atoms with Crippen LogP contribution < -0.4 is 4.90 Å². The number of aromatic nitrogens is 4. The Morgan fingerprint density at radius 3 is 1.28 bits per heavy atom. The van der Waals surface area contributed by atoms with Crippen LogP contribution in [-0.4, -0.2) is 20.4 Å². The molecule has 5 heteroatoms. The van der Waals surface area contributed by atoms with Crippen LogP contribution in [0.2, 0.25) is 0 Å². The van der Waals surface area contributed by atoms with E-state index in [0.29, 0.717) is 0 Å². The van der Waals surface area contributed by atoms with Gasteiger partial charge in [-0.25, -0.2) is 0 Å². The van der Waals surface area contributed by atoms with Crippen LogP contribution in [0.5, 0.6) is 0 Å². The van der Waals surface area contributed by atoms with Crippen LogP contribution in [0.4, 0.5) is 17.1 Å². The van der Waals surface area contributed by atoms with E-state index in [0.717, 1.165) is 61.4 Å². The van der Waals surface area contributed by atoms with Gasteiger partial charge in [0.1, 0.15) is 0 Å². The van der Waals surface area contributed by atoms with Crippen LogP contribution in [0.15, 0.2) is 200 Å². The molecule has 0 aliphatic carbocycles. The first kappa shape index (κ1) is 32.7. The summed E-state index contributed by atoms with van der Waals surface area (Å²) >= 11 is 0. The van der Waals surface area contributed by atoms with E-state index in [1.165, 1.54) is 43.4 Å². The molecule has 57 heavy (non-hydrogen) atoms. The Labute approximate surface area is 329 Å². The third kappa shape index (κ3) is 5.99. The van der Waals surface area contributed by atoms with E-state index in [1.54, 1.807) is 0 Å². The van der Waals surface area contributed by atoms with E-state index in [4.69, 9.17) is 0 Å². The molecule has 0 saturated heterocycles. The van der Waals surface area contributed by atoms with E-state index in [1.807, 2.05) is 36.4 Å². The number of hydrogen-bond donors (Lipinski definition) is 0. The molecule has 2 heterocycles. The highest BCUT2D eigenvalue weighted by molar-refractivity contribution is 6.09. The van der Waals surface area contributed by atoms with Crippen molar-refractivity contribution in [3.63, 3.8) is 0 Å². The van der Waals surface area contributed by atoms with E-state index in [9.17, 15) is 0 Å². The maximum absolute atomic E-state index is 4.54. The lowest BCUT2D eigenvalue weighted by molar-refractivity contribution is 1.08. The van der Waals surface area contributed by atoms with Crippen LogP contribution in [0.1, 0.15) is 0 Å². The van der Waals surface area contributed by atoms with Gasteiger partial charge in [0.05, 0.1) is 22.4 Å². The third-order valence-electron chi connectivity index (χ3n) is 11.0. The Morgan fingerprint density at radius 1 is 0.263 bits per heavy atom. The molecule has 0 aliphatic rings. The van der Waals surface area contributed by atoms with Gasteiger partial charge in [-0.2, -0.15) is 0 Å². The molecule has 11 rings (SSSR count). The molecule has 266 valence electrons. The molecule has 0 spiro atoms. The van der Waals surface area contributed by atoms with Crippen LogP contribution in [0, 0.1) is 0 Å². The van der Waals surface area contributed by atoms with Gasteiger partial charge in [0.2, 0.25) is 0 Å². The Hall–Kier alpha value is -7.76. The van der Waals surface area contributed by atoms with Gasteiger partial charge in [-0.15, -0.1) is 20.4 Å². The summed E-state index contributed by atoms with van der Waals surface area (Å²) in [5, 5.41) is 27.5. The summed E-state index contributed by atoms with van der Waals surface area (Å²) in [6, 6.07) is 70.8. The fourth-order valence-electron chi connectivity index (χ4n) is 8.01. The molecule has 0 N–H and O–H groups in total. The Morgan fingerprint density at radius 2 is 0.684 bits per heavy atom. The second kappa shape index (κ2) is 13.5. The fourth-order valence-corrected chi connectivity index (χ4v) is 8.01. The van der Waals surface area contributed by atoms with Crippen molar-refractivity contribution >= 4 is 71.2 Å². The van der Waals surface area contributed by atoms with Crippen molar-refractivity contribution in [1.82, 2.24) is 20.4 Å². The Bertz CT molecular complexity index is 3180. The second-order valence-electron chi connectivity index (χ2n) is 14.5. The molecule has 5 nitrogen and oxygen atoms in total. The van der Waals surface area contributed by atoms with Gasteiger partial charge in [-0.05, 0) is 116 Å². The van der Waals surface area contributed by atoms with Gasteiger partial charge in [-0.1, -0.05) is 127 Å². The summed E-state index contributed by atoms with van der Waals surface area (Å²) in [4.78, 5) is 2.30. The Kier molecular flexibility index (Phi) is 7.74. The zero-order chi connectivity index (χ0) is 37.7. The predicted molar refractivity (Wildman–Crippen MR) is 236 cm³/mol. The van der Waals surface area contributed by atoms with Gasteiger partial charge in [0, 0.05) is 39.0 Å². The van der Waals surface area contributed by atoms with E-state index in [-0.39, 0.29) is 0 Å². The topological polar surface area (TPSA) is 54.8 Å². The SMILES string of the molecule is c1ccc2cc(-c3ccc4c(ccc5cc(N(c6ccc(-c7cc8ccccc8nn7)cc6)c6ccc(-c7cc8ccccc8nn7)cc6)ccc54)c3)ccc2c1. The highest BCUT2D eigenvalue weighted by Crippen LogP contribution is 2.39. The summed E-state index contributed by atoms with van der Waals surface area (Å²) in [5.41, 5.74) is 11.0. The molecule has 0 atom stereocenters. The van der Waals surface area contributed by atoms with Crippen LogP contribution in [-0.2, 0) is 0 Å². The molecule has 0 radical (unpaired) electrons. The minimum atomic E-state index is 0.842. The standard InChI is InChI=1S/C52H33N5/c1-2-8-37-29-38(14-13-34(37)7-1)39-21-27-47-40(30-39)15-16-41-31-46(26-28-48(41)47)57(44-22-17-35(18-23-44)51-32-42-9-3-5-11-49(42)53-55-51)45-24-19-36(20-25-45)52-33-43-10-4-6-12-50(43)54-56-52/h1-33H. The van der Waals surface area contributed by atoms with Crippen molar-refractivity contribution in [1.29, 1.82) is 0 Å². The predicted octanol–water partition coefficient (Wildman–Crippen LogP) is 13.5. The molecule has 0 saturated carbocycles. The largest absolute Gasteiger partial charge is 0.310 e. The first-order chi connectivity index (χ1) is 28.2. The minimum absolute atomic E-state index is 0.842. The highest BCUT2D eigenvalue weighted by Gasteiger charge is 2.16. The zero-order valence-corrected chi connectivity index (χ0v) is 30.8. The molecule has 9 aromatic carbocycles. The van der Waals surface area contributed by atoms with Gasteiger partial charge in [0.15, 0.2) is 0 Å². The molecule has 0 fully saturated rings. The van der Waals surface area contributed by atoms with Gasteiger partial charge in [-0.3, -0.25) is 0 Å². The van der Waals surface area contributed by atoms with Crippen LogP contribution in [0.3, 0.4) is 0 Å². The molecule has 0 unspecified atom stereocenters. The summed E-state index contributed by atoms with van der Waals surface area (Å²) < 4.78 is 0. The number of hydrogen-bond acceptors (Lipinski definition) is 5. The third-order valence-corrected chi connectivity index (χ3v) is 11.0. The van der Waals surface area contributed by atoms with Crippen LogP contribution in [0.25, 0.3) is 87.8 Å². The molecule has 2 aromatic heterocycles. The molecule has 0 bridgehead atoms. The second-order valence-corrected chi connectivity index (χ2v) is 14.5. The normalized spacial score (nSPS) is 11.5. The van der Waals surface area contributed by atoms with Gasteiger partial charge >= 0.3 is 0 Å². The van der Waals surface area contributed by atoms with Crippen molar-refractivity contribution in [3.8, 4) is 33.6 Å². The fraction of sp³-hybridized carbons (Fsp3) is 0. The lowest BCUT2D eigenvalue weighted by Crippen LogP contribution is -2.10. The summed E-state index contributed by atoms with van der Waals surface area (Å²) in [6.45, 7) is 0. The van der Waals surface area contributed by atoms with E-state index >= 15 is 0 Å². The Balaban J connectivity index is 0.981. The summed E-state index contributed by atoms with van der Waals surface area (Å²) in [5.74, 6) is 0. The van der Waals surface area contributed by atoms with Crippen molar-refractivity contribution < 1.29 is 0 Å².